The molecule has 1 N–H and O–H groups in total. The van der Waals surface area contributed by atoms with Crippen LogP contribution in [0.4, 0.5) is 4.39 Å². The van der Waals surface area contributed by atoms with Gasteiger partial charge < -0.3 is 0 Å². The zero-order valence-electron chi connectivity index (χ0n) is 11.3. The van der Waals surface area contributed by atoms with Crippen LogP contribution in [0.15, 0.2) is 24.3 Å². The summed E-state index contributed by atoms with van der Waals surface area (Å²) >= 11 is 0. The summed E-state index contributed by atoms with van der Waals surface area (Å²) in [6.45, 7) is 1.51. The van der Waals surface area contributed by atoms with Crippen molar-refractivity contribution in [3.63, 3.8) is 0 Å². The van der Waals surface area contributed by atoms with Crippen molar-refractivity contribution in [1.29, 1.82) is 0 Å². The van der Waals surface area contributed by atoms with E-state index in [1.807, 2.05) is 0 Å². The first-order valence-electron chi connectivity index (χ1n) is 6.06. The molecule has 1 aromatic rings. The summed E-state index contributed by atoms with van der Waals surface area (Å²) in [6, 6.07) is 5.24. The number of halogens is 1. The zero-order valence-corrected chi connectivity index (χ0v) is 13.0. The van der Waals surface area contributed by atoms with Crippen LogP contribution < -0.4 is 4.72 Å². The summed E-state index contributed by atoms with van der Waals surface area (Å²) < 4.78 is 61.5. The highest BCUT2D eigenvalue weighted by molar-refractivity contribution is 7.91. The van der Waals surface area contributed by atoms with Crippen molar-refractivity contribution in [3.05, 3.63) is 35.6 Å². The Labute approximate surface area is 119 Å². The first-order chi connectivity index (χ1) is 9.18. The lowest BCUT2D eigenvalue weighted by atomic mass is 10.2. The minimum absolute atomic E-state index is 0.0248. The van der Waals surface area contributed by atoms with Crippen molar-refractivity contribution in [3.8, 4) is 0 Å². The molecule has 0 saturated heterocycles. The number of benzene rings is 1. The van der Waals surface area contributed by atoms with Crippen LogP contribution in [0.25, 0.3) is 0 Å². The highest BCUT2D eigenvalue weighted by Gasteiger charge is 2.23. The molecule has 1 aromatic carbocycles. The van der Waals surface area contributed by atoms with E-state index in [9.17, 15) is 21.2 Å². The number of hydrogen-bond donors (Lipinski definition) is 1. The molecular formula is C12H18FNO4S2. The van der Waals surface area contributed by atoms with Gasteiger partial charge in [-0.3, -0.25) is 0 Å². The number of nitrogens with one attached hydrogen (secondary N) is 1. The van der Waals surface area contributed by atoms with E-state index in [0.29, 0.717) is 5.56 Å². The van der Waals surface area contributed by atoms with E-state index in [2.05, 4.69) is 4.72 Å². The number of hydrogen-bond acceptors (Lipinski definition) is 4. The molecule has 0 heterocycles. The molecule has 0 radical (unpaired) electrons. The van der Waals surface area contributed by atoms with Gasteiger partial charge in [0.15, 0.2) is 9.84 Å². The summed E-state index contributed by atoms with van der Waals surface area (Å²) in [6.07, 6.45) is 0.0248. The van der Waals surface area contributed by atoms with Gasteiger partial charge in [0.05, 0.1) is 16.8 Å². The number of rotatable bonds is 7. The average Bonchev–Trinajstić information content (AvgIpc) is 2.38. The van der Waals surface area contributed by atoms with Gasteiger partial charge in [-0.25, -0.2) is 25.9 Å². The second-order valence-electron chi connectivity index (χ2n) is 4.44. The Balaban J connectivity index is 2.71. The summed E-state index contributed by atoms with van der Waals surface area (Å²) in [4.78, 5) is 0. The molecule has 114 valence electrons. The molecule has 8 heteroatoms. The highest BCUT2D eigenvalue weighted by atomic mass is 32.2. The molecule has 20 heavy (non-hydrogen) atoms. The normalized spacial score (nSPS) is 14.2. The highest BCUT2D eigenvalue weighted by Crippen LogP contribution is 2.23. The van der Waals surface area contributed by atoms with E-state index < -0.39 is 30.9 Å². The Morgan fingerprint density at radius 3 is 2.15 bits per heavy atom. The van der Waals surface area contributed by atoms with E-state index in [1.54, 1.807) is 0 Å². The van der Waals surface area contributed by atoms with Gasteiger partial charge >= 0.3 is 0 Å². The predicted octanol–water partition coefficient (Wildman–Crippen LogP) is 1.24. The lowest BCUT2D eigenvalue weighted by Crippen LogP contribution is -2.24. The largest absolute Gasteiger partial charge is 0.228 e. The van der Waals surface area contributed by atoms with E-state index in [-0.39, 0.29) is 17.9 Å². The molecule has 1 rings (SSSR count). The van der Waals surface area contributed by atoms with Gasteiger partial charge in [-0.15, -0.1) is 0 Å². The van der Waals surface area contributed by atoms with E-state index in [0.717, 1.165) is 0 Å². The number of sulfone groups is 1. The molecule has 0 aliphatic carbocycles. The SMILES string of the molecule is CNS(=O)(=O)CCCS(=O)(=O)[C@@H](C)c1ccc(F)cc1. The van der Waals surface area contributed by atoms with Crippen LogP contribution in [0.2, 0.25) is 0 Å². The van der Waals surface area contributed by atoms with E-state index >= 15 is 0 Å². The Kier molecular flexibility index (Phi) is 5.67. The summed E-state index contributed by atoms with van der Waals surface area (Å²) in [7, 11) is -5.59. The molecule has 0 fully saturated rings. The van der Waals surface area contributed by atoms with Gasteiger partial charge in [-0.2, -0.15) is 0 Å². The molecule has 5 nitrogen and oxygen atoms in total. The van der Waals surface area contributed by atoms with Crippen LogP contribution in [-0.2, 0) is 19.9 Å². The second-order valence-corrected chi connectivity index (χ2v) is 8.92. The monoisotopic (exact) mass is 323 g/mol. The average molecular weight is 323 g/mol. The molecule has 0 bridgehead atoms. The van der Waals surface area contributed by atoms with Crippen molar-refractivity contribution < 1.29 is 21.2 Å². The summed E-state index contributed by atoms with van der Waals surface area (Å²) in [5.41, 5.74) is 0.489. The molecule has 0 aliphatic rings. The maximum atomic E-state index is 12.8. The molecule has 0 aliphatic heterocycles. The molecule has 0 spiro atoms. The molecule has 0 amide bonds. The molecule has 0 aromatic heterocycles. The molecule has 0 unspecified atom stereocenters. The molecule has 1 atom stereocenters. The topological polar surface area (TPSA) is 80.3 Å². The minimum atomic E-state index is -3.47. The second kappa shape index (κ2) is 6.64. The Morgan fingerprint density at radius 1 is 1.10 bits per heavy atom. The number of sulfonamides is 1. The molecule has 0 saturated carbocycles. The van der Waals surface area contributed by atoms with Crippen molar-refractivity contribution in [2.75, 3.05) is 18.6 Å². The maximum Gasteiger partial charge on any atom is 0.211 e. The Morgan fingerprint density at radius 2 is 1.65 bits per heavy atom. The first-order valence-corrected chi connectivity index (χ1v) is 9.43. The van der Waals surface area contributed by atoms with Crippen LogP contribution in [0.1, 0.15) is 24.2 Å². The summed E-state index contributed by atoms with van der Waals surface area (Å²) in [5.74, 6) is -0.899. The van der Waals surface area contributed by atoms with Crippen LogP contribution in [0, 0.1) is 5.82 Å². The molecular weight excluding hydrogens is 305 g/mol. The Bertz CT molecular complexity index is 639. The fourth-order valence-electron chi connectivity index (χ4n) is 1.67. The van der Waals surface area contributed by atoms with Crippen LogP contribution in [0.5, 0.6) is 0 Å². The summed E-state index contributed by atoms with van der Waals surface area (Å²) in [5, 5.41) is -0.791. The third kappa shape index (κ3) is 4.84. The quantitative estimate of drug-likeness (QED) is 0.819. The van der Waals surface area contributed by atoms with Gasteiger partial charge in [0, 0.05) is 0 Å². The first kappa shape index (κ1) is 17.1. The van der Waals surface area contributed by atoms with Crippen LogP contribution in [-0.4, -0.2) is 35.4 Å². The lowest BCUT2D eigenvalue weighted by molar-refractivity contribution is 0.580. The Hall–Kier alpha value is -0.990. The third-order valence-electron chi connectivity index (χ3n) is 3.03. The van der Waals surface area contributed by atoms with Gasteiger partial charge in [0.2, 0.25) is 10.0 Å². The van der Waals surface area contributed by atoms with E-state index in [1.165, 1.54) is 38.2 Å². The van der Waals surface area contributed by atoms with E-state index in [4.69, 9.17) is 0 Å². The van der Waals surface area contributed by atoms with Crippen LogP contribution in [0.3, 0.4) is 0 Å². The smallest absolute Gasteiger partial charge is 0.211 e. The van der Waals surface area contributed by atoms with Crippen molar-refractivity contribution >= 4 is 19.9 Å². The van der Waals surface area contributed by atoms with Crippen molar-refractivity contribution in [1.82, 2.24) is 4.72 Å². The fourth-order valence-corrected chi connectivity index (χ4v) is 4.05. The third-order valence-corrected chi connectivity index (χ3v) is 6.69. The fraction of sp³-hybridized carbons (Fsp3) is 0.500. The van der Waals surface area contributed by atoms with Gasteiger partial charge in [-0.05, 0) is 38.1 Å². The van der Waals surface area contributed by atoms with Crippen molar-refractivity contribution in [2.24, 2.45) is 0 Å². The zero-order chi connectivity index (χ0) is 15.4. The van der Waals surface area contributed by atoms with Crippen molar-refractivity contribution in [2.45, 2.75) is 18.6 Å². The standard InChI is InChI=1S/C12H18FNO4S2/c1-10(11-4-6-12(13)7-5-11)19(15,16)8-3-9-20(17,18)14-2/h4-7,10,14H,3,8-9H2,1-2H3/t10-/m0/s1. The predicted molar refractivity (Wildman–Crippen MR) is 76.1 cm³/mol. The van der Waals surface area contributed by atoms with Gasteiger partial charge in [0.25, 0.3) is 0 Å². The van der Waals surface area contributed by atoms with Crippen LogP contribution >= 0.6 is 0 Å². The van der Waals surface area contributed by atoms with Gasteiger partial charge in [-0.1, -0.05) is 12.1 Å². The lowest BCUT2D eigenvalue weighted by Gasteiger charge is -2.13. The van der Waals surface area contributed by atoms with Gasteiger partial charge in [0.1, 0.15) is 5.82 Å². The minimum Gasteiger partial charge on any atom is -0.228 e. The maximum absolute atomic E-state index is 12.8.